The van der Waals surface area contributed by atoms with E-state index in [1.54, 1.807) is 24.3 Å². The lowest BCUT2D eigenvalue weighted by Gasteiger charge is -2.11. The van der Waals surface area contributed by atoms with Gasteiger partial charge in [0.05, 0.1) is 15.6 Å². The first-order valence-corrected chi connectivity index (χ1v) is 10.6. The second kappa shape index (κ2) is 6.66. The van der Waals surface area contributed by atoms with Crippen LogP contribution in [0.25, 0.3) is 10.8 Å². The Morgan fingerprint density at radius 3 is 2.07 bits per heavy atom. The summed E-state index contributed by atoms with van der Waals surface area (Å²) in [7, 11) is -9.42. The van der Waals surface area contributed by atoms with E-state index in [-0.39, 0.29) is 10.8 Å². The van der Waals surface area contributed by atoms with E-state index in [1.165, 1.54) is 12.1 Å². The number of nitrogen functional groups attached to an aromatic ring is 1. The summed E-state index contributed by atoms with van der Waals surface area (Å²) in [5.74, 6) is 0. The van der Waals surface area contributed by atoms with Crippen LogP contribution in [0.1, 0.15) is 0 Å². The predicted molar refractivity (Wildman–Crippen MR) is 103 cm³/mol. The maximum Gasteiger partial charge on any atom is 0.295 e. The molecule has 27 heavy (non-hydrogen) atoms. The minimum atomic E-state index is -4.76. The molecule has 0 spiro atoms. The Morgan fingerprint density at radius 2 is 1.48 bits per heavy atom. The van der Waals surface area contributed by atoms with Gasteiger partial charge in [-0.15, -0.1) is 0 Å². The number of nitrogens with one attached hydrogen (secondary N) is 1. The van der Waals surface area contributed by atoms with Crippen LogP contribution in [0.15, 0.2) is 58.3 Å². The van der Waals surface area contributed by atoms with Crippen molar-refractivity contribution in [3.05, 3.63) is 53.6 Å². The van der Waals surface area contributed by atoms with Gasteiger partial charge in [0.15, 0.2) is 0 Å². The zero-order valence-electron chi connectivity index (χ0n) is 13.4. The van der Waals surface area contributed by atoms with Crippen LogP contribution in [-0.2, 0) is 20.2 Å². The Hall–Kier alpha value is -2.37. The van der Waals surface area contributed by atoms with Gasteiger partial charge in [-0.3, -0.25) is 9.11 Å². The first-order valence-electron chi connectivity index (χ1n) is 7.30. The van der Waals surface area contributed by atoms with Gasteiger partial charge in [0.2, 0.25) is 0 Å². The van der Waals surface area contributed by atoms with Crippen molar-refractivity contribution in [3.8, 4) is 0 Å². The highest BCUT2D eigenvalue weighted by Crippen LogP contribution is 2.31. The average Bonchev–Trinajstić information content (AvgIpc) is 2.55. The van der Waals surface area contributed by atoms with Crippen molar-refractivity contribution in [2.75, 3.05) is 11.1 Å². The molecule has 0 aliphatic carbocycles. The van der Waals surface area contributed by atoms with E-state index in [0.29, 0.717) is 28.2 Å². The number of fused-ring (bicyclic) bond motifs is 1. The van der Waals surface area contributed by atoms with Crippen LogP contribution in [0, 0.1) is 0 Å². The topological polar surface area (TPSA) is 147 Å². The fourth-order valence-corrected chi connectivity index (χ4v) is 4.04. The van der Waals surface area contributed by atoms with Crippen LogP contribution in [0.3, 0.4) is 0 Å². The number of anilines is 3. The normalized spacial score (nSPS) is 12.3. The second-order valence-corrected chi connectivity index (χ2v) is 8.89. The molecular weight excluding hydrogens is 416 g/mol. The van der Waals surface area contributed by atoms with Crippen molar-refractivity contribution in [2.45, 2.75) is 9.79 Å². The van der Waals surface area contributed by atoms with Gasteiger partial charge in [0.25, 0.3) is 20.2 Å². The molecule has 0 unspecified atom stereocenters. The molecule has 8 nitrogen and oxygen atoms in total. The van der Waals surface area contributed by atoms with E-state index in [9.17, 15) is 25.9 Å². The van der Waals surface area contributed by atoms with Crippen LogP contribution in [-0.4, -0.2) is 25.9 Å². The third-order valence-electron chi connectivity index (χ3n) is 3.75. The van der Waals surface area contributed by atoms with Crippen molar-refractivity contribution in [2.24, 2.45) is 0 Å². The van der Waals surface area contributed by atoms with E-state index in [4.69, 9.17) is 17.3 Å². The van der Waals surface area contributed by atoms with Gasteiger partial charge in [0.1, 0.15) is 4.90 Å². The molecule has 0 atom stereocenters. The number of halogens is 1. The lowest BCUT2D eigenvalue weighted by molar-refractivity contribution is 0.482. The molecule has 0 radical (unpaired) electrons. The van der Waals surface area contributed by atoms with E-state index in [2.05, 4.69) is 5.32 Å². The summed E-state index contributed by atoms with van der Waals surface area (Å²) in [5.41, 5.74) is 7.08. The van der Waals surface area contributed by atoms with Crippen LogP contribution in [0.4, 0.5) is 17.1 Å². The average molecular weight is 429 g/mol. The molecule has 11 heteroatoms. The highest BCUT2D eigenvalue weighted by Gasteiger charge is 2.20. The molecule has 3 aromatic rings. The zero-order valence-corrected chi connectivity index (χ0v) is 15.8. The minimum Gasteiger partial charge on any atom is -0.398 e. The molecule has 3 aromatic carbocycles. The first kappa shape index (κ1) is 19.4. The first-order chi connectivity index (χ1) is 12.4. The summed E-state index contributed by atoms with van der Waals surface area (Å²) in [6.07, 6.45) is 0. The van der Waals surface area contributed by atoms with E-state index in [0.717, 1.165) is 6.07 Å². The van der Waals surface area contributed by atoms with Gasteiger partial charge in [-0.05, 0) is 47.9 Å². The Kier molecular flexibility index (Phi) is 4.78. The molecule has 0 saturated carbocycles. The van der Waals surface area contributed by atoms with Crippen LogP contribution in [0.2, 0.25) is 5.02 Å². The third-order valence-corrected chi connectivity index (χ3v) is 5.81. The molecule has 0 aliphatic heterocycles. The lowest BCUT2D eigenvalue weighted by Crippen LogP contribution is -2.04. The molecular formula is C16H13ClN2O6S2. The van der Waals surface area contributed by atoms with Gasteiger partial charge >= 0.3 is 0 Å². The molecule has 0 heterocycles. The van der Waals surface area contributed by atoms with E-state index < -0.39 is 30.0 Å². The molecule has 0 amide bonds. The summed E-state index contributed by atoms with van der Waals surface area (Å²) >= 11 is 5.96. The summed E-state index contributed by atoms with van der Waals surface area (Å²) in [4.78, 5) is -1.29. The van der Waals surface area contributed by atoms with Crippen molar-refractivity contribution in [3.63, 3.8) is 0 Å². The van der Waals surface area contributed by atoms with Crippen LogP contribution in [0.5, 0.6) is 0 Å². The Labute approximate surface area is 160 Å². The Morgan fingerprint density at radius 1 is 0.852 bits per heavy atom. The number of rotatable bonds is 4. The third kappa shape index (κ3) is 4.15. The van der Waals surface area contributed by atoms with Gasteiger partial charge < -0.3 is 11.1 Å². The van der Waals surface area contributed by atoms with Gasteiger partial charge in [-0.25, -0.2) is 0 Å². The van der Waals surface area contributed by atoms with Crippen molar-refractivity contribution in [1.29, 1.82) is 0 Å². The number of hydrogen-bond donors (Lipinski definition) is 4. The zero-order chi connectivity index (χ0) is 20.0. The Bertz CT molecular complexity index is 1270. The monoisotopic (exact) mass is 428 g/mol. The predicted octanol–water partition coefficient (Wildman–Crippen LogP) is 3.31. The largest absolute Gasteiger partial charge is 0.398 e. The SMILES string of the molecule is Nc1ccc(Nc2ccc3cc(S(=O)(=O)O)cc(S(=O)(=O)O)c3c2)cc1Cl. The molecule has 0 aromatic heterocycles. The van der Waals surface area contributed by atoms with E-state index in [1.807, 2.05) is 0 Å². The van der Waals surface area contributed by atoms with Gasteiger partial charge in [0, 0.05) is 16.8 Å². The van der Waals surface area contributed by atoms with Gasteiger partial charge in [-0.1, -0.05) is 17.7 Å². The smallest absolute Gasteiger partial charge is 0.295 e. The van der Waals surface area contributed by atoms with Crippen molar-refractivity contribution < 1.29 is 25.9 Å². The number of nitrogens with two attached hydrogens (primary N) is 1. The molecule has 142 valence electrons. The highest BCUT2D eigenvalue weighted by molar-refractivity contribution is 7.86. The lowest BCUT2D eigenvalue weighted by atomic mass is 10.1. The van der Waals surface area contributed by atoms with E-state index >= 15 is 0 Å². The fourth-order valence-electron chi connectivity index (χ4n) is 2.51. The summed E-state index contributed by atoms with van der Waals surface area (Å²) in [6.45, 7) is 0. The van der Waals surface area contributed by atoms with Crippen molar-refractivity contribution >= 4 is 59.7 Å². The molecule has 5 N–H and O–H groups in total. The fraction of sp³-hybridized carbons (Fsp3) is 0. The minimum absolute atomic E-state index is 0.0661. The summed E-state index contributed by atoms with van der Waals surface area (Å²) in [5, 5.41) is 3.59. The highest BCUT2D eigenvalue weighted by atomic mass is 35.5. The standard InChI is InChI=1S/C16H13ClN2O6S2/c17-14-7-11(3-4-15(14)18)19-10-2-1-9-5-12(26(20,21)22)8-16(13(9)6-10)27(23,24)25/h1-8,19H,18H2,(H,20,21,22)(H,23,24,25). The van der Waals surface area contributed by atoms with Gasteiger partial charge in [-0.2, -0.15) is 16.8 Å². The molecule has 0 saturated heterocycles. The molecule has 0 aliphatic rings. The summed E-state index contributed by atoms with van der Waals surface area (Å²) < 4.78 is 64.8. The molecule has 3 rings (SSSR count). The van der Waals surface area contributed by atoms with Crippen molar-refractivity contribution in [1.82, 2.24) is 0 Å². The summed E-state index contributed by atoms with van der Waals surface area (Å²) in [6, 6.07) is 11.0. The quantitative estimate of drug-likeness (QED) is 0.365. The Balaban J connectivity index is 2.17. The number of hydrogen-bond acceptors (Lipinski definition) is 6. The molecule has 0 fully saturated rings. The van der Waals surface area contributed by atoms with Crippen LogP contribution >= 0.6 is 11.6 Å². The van der Waals surface area contributed by atoms with Crippen LogP contribution < -0.4 is 11.1 Å². The maximum atomic E-state index is 11.7. The maximum absolute atomic E-state index is 11.7. The number of benzene rings is 3. The second-order valence-electron chi connectivity index (χ2n) is 5.67. The molecule has 0 bridgehead atoms.